The number of aliphatic hydroxyl groups is 1. The van der Waals surface area contributed by atoms with Crippen molar-refractivity contribution in [3.05, 3.63) is 35.9 Å². The van der Waals surface area contributed by atoms with Crippen LogP contribution >= 0.6 is 0 Å². The predicted molar refractivity (Wildman–Crippen MR) is 121 cm³/mol. The van der Waals surface area contributed by atoms with E-state index in [1.165, 1.54) is 12.3 Å². The summed E-state index contributed by atoms with van der Waals surface area (Å²) in [7, 11) is 0. The zero-order valence-corrected chi connectivity index (χ0v) is 18.2. The molecule has 2 aromatic heterocycles. The molecule has 1 aliphatic carbocycles. The highest BCUT2D eigenvalue weighted by Gasteiger charge is 2.39. The topological polar surface area (TPSA) is 132 Å². The number of nitrogens with two attached hydrogens (primary N) is 1. The van der Waals surface area contributed by atoms with Crippen molar-refractivity contribution in [3.63, 3.8) is 0 Å². The van der Waals surface area contributed by atoms with Crippen LogP contribution in [0.3, 0.4) is 0 Å². The second kappa shape index (κ2) is 7.73. The van der Waals surface area contributed by atoms with Gasteiger partial charge in [-0.3, -0.25) is 0 Å². The molecule has 1 aromatic carbocycles. The highest BCUT2D eigenvalue weighted by atomic mass is 19.1. The van der Waals surface area contributed by atoms with Crippen LogP contribution in [-0.2, 0) is 0 Å². The number of rotatable bonds is 3. The van der Waals surface area contributed by atoms with Gasteiger partial charge in [0, 0.05) is 47.6 Å². The van der Waals surface area contributed by atoms with E-state index < -0.39 is 17.5 Å². The number of anilines is 2. The molecule has 10 heteroatoms. The number of nitrogen functional groups attached to an aromatic ring is 1. The summed E-state index contributed by atoms with van der Waals surface area (Å²) in [5, 5.41) is 16.7. The minimum Gasteiger partial charge on any atom is -0.474 e. The third kappa shape index (κ3) is 3.86. The van der Waals surface area contributed by atoms with Crippen molar-refractivity contribution >= 4 is 28.2 Å². The van der Waals surface area contributed by atoms with Crippen molar-refractivity contribution in [2.75, 3.05) is 24.2 Å². The van der Waals surface area contributed by atoms with Crippen molar-refractivity contribution in [1.29, 1.82) is 0 Å². The summed E-state index contributed by atoms with van der Waals surface area (Å²) in [6.45, 7) is 4.72. The van der Waals surface area contributed by atoms with Gasteiger partial charge in [-0.15, -0.1) is 0 Å². The number of nitrogens with one attached hydrogen (secondary N) is 2. The summed E-state index contributed by atoms with van der Waals surface area (Å²) in [5.41, 5.74) is 7.65. The van der Waals surface area contributed by atoms with E-state index in [4.69, 9.17) is 15.2 Å². The Kier molecular flexibility index (Phi) is 4.97. The third-order valence-corrected chi connectivity index (χ3v) is 6.10. The maximum atomic E-state index is 15.2. The number of carbonyl (C=O) groups excluding carboxylic acids is 1. The quantitative estimate of drug-likeness (QED) is 0.445. The van der Waals surface area contributed by atoms with Gasteiger partial charge in [0.25, 0.3) is 0 Å². The predicted octanol–water partition coefficient (Wildman–Crippen LogP) is 3.13. The Morgan fingerprint density at radius 2 is 2.12 bits per heavy atom. The molecular formula is C23H24FN5O4. The number of benzene rings is 1. The molecule has 1 amide bonds. The normalized spacial score (nSPS) is 21.4. The van der Waals surface area contributed by atoms with E-state index in [0.29, 0.717) is 48.2 Å². The fraction of sp³-hybridized carbons (Fsp3) is 0.348. The zero-order valence-electron chi connectivity index (χ0n) is 18.2. The Labute approximate surface area is 189 Å². The van der Waals surface area contributed by atoms with Crippen molar-refractivity contribution in [3.8, 4) is 22.9 Å². The number of hydrogen-bond donors (Lipinski definition) is 4. The molecule has 0 radical (unpaired) electrons. The van der Waals surface area contributed by atoms with Gasteiger partial charge in [0.1, 0.15) is 12.3 Å². The average Bonchev–Trinajstić information content (AvgIpc) is 2.75. The second-order valence-electron chi connectivity index (χ2n) is 8.78. The summed E-state index contributed by atoms with van der Waals surface area (Å²) in [4.78, 5) is 20.6. The van der Waals surface area contributed by atoms with Gasteiger partial charge in [0.05, 0.1) is 11.3 Å². The van der Waals surface area contributed by atoms with Gasteiger partial charge in [0.2, 0.25) is 11.8 Å². The zero-order chi connectivity index (χ0) is 23.3. The molecule has 3 aromatic rings. The maximum absolute atomic E-state index is 15.2. The van der Waals surface area contributed by atoms with E-state index >= 15 is 4.39 Å². The minimum absolute atomic E-state index is 0.0518. The highest BCUT2D eigenvalue weighted by Crippen LogP contribution is 2.39. The van der Waals surface area contributed by atoms with Crippen LogP contribution in [-0.4, -0.2) is 46.0 Å². The molecule has 5 rings (SSSR count). The molecule has 0 saturated heterocycles. The Bertz CT molecular complexity index is 1270. The summed E-state index contributed by atoms with van der Waals surface area (Å²) in [5.74, 6) is -0.0386. The molecule has 1 saturated carbocycles. The van der Waals surface area contributed by atoms with Crippen LogP contribution in [0.4, 0.5) is 20.6 Å². The van der Waals surface area contributed by atoms with E-state index in [-0.39, 0.29) is 23.2 Å². The number of halogens is 1. The molecule has 0 spiro atoms. The molecule has 172 valence electrons. The van der Waals surface area contributed by atoms with Gasteiger partial charge in [-0.2, -0.15) is 0 Å². The molecule has 3 heterocycles. The van der Waals surface area contributed by atoms with E-state index in [1.54, 1.807) is 19.2 Å². The number of amides is 1. The average molecular weight is 453 g/mol. The van der Waals surface area contributed by atoms with Gasteiger partial charge in [0.15, 0.2) is 5.82 Å². The third-order valence-electron chi connectivity index (χ3n) is 6.10. The molecule has 1 aliphatic heterocycles. The van der Waals surface area contributed by atoms with Crippen LogP contribution < -0.4 is 25.8 Å². The van der Waals surface area contributed by atoms with Crippen LogP contribution in [0.1, 0.15) is 25.3 Å². The van der Waals surface area contributed by atoms with Gasteiger partial charge in [-0.1, -0.05) is 0 Å². The summed E-state index contributed by atoms with van der Waals surface area (Å²) in [6.07, 6.45) is 3.19. The van der Waals surface area contributed by atoms with Crippen molar-refractivity contribution in [2.45, 2.75) is 38.3 Å². The molecule has 0 unspecified atom stereocenters. The lowest BCUT2D eigenvalue weighted by Gasteiger charge is -2.40. The Balaban J connectivity index is 1.46. The van der Waals surface area contributed by atoms with Crippen molar-refractivity contribution < 1.29 is 23.8 Å². The largest absolute Gasteiger partial charge is 0.474 e. The molecular weight excluding hydrogens is 429 g/mol. The number of fused-ring (bicyclic) bond motifs is 2. The standard InChI is InChI=1S/C23H24FN5O4/c1-11-15(9-28-21-20(11)26-3-4-32-21)14-5-12-6-17(27-10-16(12)19(25)18(14)24)33-22(30)29-13-7-23(2,31)8-13/h5-6,9-10,13,26,31H,3-4,7-8,25H2,1-2H3,(H,29,30). The van der Waals surface area contributed by atoms with Gasteiger partial charge < -0.3 is 30.9 Å². The number of aromatic nitrogens is 2. The van der Waals surface area contributed by atoms with Crippen LogP contribution in [0, 0.1) is 12.7 Å². The van der Waals surface area contributed by atoms with E-state index in [0.717, 1.165) is 11.3 Å². The van der Waals surface area contributed by atoms with Crippen LogP contribution in [0.5, 0.6) is 11.8 Å². The molecule has 9 nitrogen and oxygen atoms in total. The number of carbonyl (C=O) groups is 1. The Morgan fingerprint density at radius 3 is 2.88 bits per heavy atom. The first-order valence-electron chi connectivity index (χ1n) is 10.7. The van der Waals surface area contributed by atoms with Gasteiger partial charge >= 0.3 is 6.09 Å². The lowest BCUT2D eigenvalue weighted by atomic mass is 9.77. The molecule has 0 bridgehead atoms. The summed E-state index contributed by atoms with van der Waals surface area (Å²) < 4.78 is 26.1. The first kappa shape index (κ1) is 21.2. The van der Waals surface area contributed by atoms with Crippen LogP contribution in [0.25, 0.3) is 21.9 Å². The number of ether oxygens (including phenoxy) is 2. The van der Waals surface area contributed by atoms with Gasteiger partial charge in [-0.05, 0) is 43.7 Å². The van der Waals surface area contributed by atoms with E-state index in [2.05, 4.69) is 20.6 Å². The van der Waals surface area contributed by atoms with E-state index in [1.807, 2.05) is 6.92 Å². The second-order valence-corrected chi connectivity index (χ2v) is 8.78. The van der Waals surface area contributed by atoms with Crippen LogP contribution in [0.15, 0.2) is 24.5 Å². The number of hydrogen-bond acceptors (Lipinski definition) is 8. The highest BCUT2D eigenvalue weighted by molar-refractivity contribution is 5.98. The van der Waals surface area contributed by atoms with Crippen LogP contribution in [0.2, 0.25) is 0 Å². The maximum Gasteiger partial charge on any atom is 0.414 e. The number of nitrogens with zero attached hydrogens (tertiary/aromatic N) is 2. The van der Waals surface area contributed by atoms with E-state index in [9.17, 15) is 9.90 Å². The molecule has 5 N–H and O–H groups in total. The minimum atomic E-state index is -0.761. The van der Waals surface area contributed by atoms with Crippen molar-refractivity contribution in [1.82, 2.24) is 15.3 Å². The fourth-order valence-electron chi connectivity index (χ4n) is 4.42. The molecule has 2 aliphatic rings. The smallest absolute Gasteiger partial charge is 0.414 e. The lowest BCUT2D eigenvalue weighted by molar-refractivity contribution is -0.0367. The summed E-state index contributed by atoms with van der Waals surface area (Å²) >= 11 is 0. The summed E-state index contributed by atoms with van der Waals surface area (Å²) in [6, 6.07) is 3.02. The van der Waals surface area contributed by atoms with Crippen molar-refractivity contribution in [2.24, 2.45) is 0 Å². The SMILES string of the molecule is Cc1c(-c2cc3cc(OC(=O)NC4CC(C)(O)C4)ncc3c(N)c2F)cnc2c1NCCO2. The molecule has 33 heavy (non-hydrogen) atoms. The Morgan fingerprint density at radius 1 is 1.33 bits per heavy atom. The molecule has 1 fully saturated rings. The van der Waals surface area contributed by atoms with Gasteiger partial charge in [-0.25, -0.2) is 19.2 Å². The Hall–Kier alpha value is -3.66. The first-order valence-corrected chi connectivity index (χ1v) is 10.7. The first-order chi connectivity index (χ1) is 15.7. The fourth-order valence-corrected chi connectivity index (χ4v) is 4.42. The molecule has 0 atom stereocenters. The monoisotopic (exact) mass is 453 g/mol. The number of pyridine rings is 2. The lowest BCUT2D eigenvalue weighted by Crippen LogP contribution is -2.53.